The van der Waals surface area contributed by atoms with Crippen LogP contribution in [0.3, 0.4) is 0 Å². The van der Waals surface area contributed by atoms with Gasteiger partial charge < -0.3 is 4.74 Å². The van der Waals surface area contributed by atoms with Crippen LogP contribution < -0.4 is 0 Å². The van der Waals surface area contributed by atoms with E-state index in [0.29, 0.717) is 19.3 Å². The van der Waals surface area contributed by atoms with Crippen molar-refractivity contribution in [1.82, 2.24) is 4.98 Å². The van der Waals surface area contributed by atoms with Gasteiger partial charge in [0.15, 0.2) is 5.78 Å². The molecular weight excluding hydrogens is 222 g/mol. The van der Waals surface area contributed by atoms with Crippen molar-refractivity contribution in [2.24, 2.45) is 0 Å². The summed E-state index contributed by atoms with van der Waals surface area (Å²) < 4.78 is 5.40. The van der Waals surface area contributed by atoms with Crippen molar-refractivity contribution in [3.63, 3.8) is 0 Å². The van der Waals surface area contributed by atoms with Gasteiger partial charge in [-0.2, -0.15) is 0 Å². The van der Waals surface area contributed by atoms with Crippen LogP contribution in [-0.2, 0) is 16.0 Å². The van der Waals surface area contributed by atoms with Crippen LogP contribution in [0.4, 0.5) is 0 Å². The molecule has 1 rings (SSSR count). The number of Topliss-reactive ketones (excluding diaryl/α,β-unsaturated/α-hetero) is 1. The Morgan fingerprint density at radius 2 is 2.12 bits per heavy atom. The van der Waals surface area contributed by atoms with Crippen LogP contribution in [0, 0.1) is 6.92 Å². The van der Waals surface area contributed by atoms with Crippen LogP contribution in [0.2, 0.25) is 0 Å². The molecule has 4 heteroatoms. The summed E-state index contributed by atoms with van der Waals surface area (Å²) in [5.41, 5.74) is 0.230. The van der Waals surface area contributed by atoms with Gasteiger partial charge in [-0.3, -0.25) is 4.79 Å². The second kappa shape index (κ2) is 5.55. The zero-order chi connectivity index (χ0) is 12.2. The lowest BCUT2D eigenvalue weighted by molar-refractivity contribution is -0.141. The van der Waals surface area contributed by atoms with Crippen LogP contribution in [0.25, 0.3) is 0 Å². The summed E-state index contributed by atoms with van der Waals surface area (Å²) in [4.78, 5) is 16.5. The number of methoxy groups -OCH3 is 1. The molecule has 0 atom stereocenters. The fraction of sp³-hybridized carbons (Fsp3) is 0.667. The van der Waals surface area contributed by atoms with Gasteiger partial charge in [0.05, 0.1) is 17.1 Å². The van der Waals surface area contributed by atoms with Gasteiger partial charge in [0, 0.05) is 12.5 Å². The molecule has 1 aromatic rings. The molecule has 0 radical (unpaired) electrons. The summed E-state index contributed by atoms with van der Waals surface area (Å²) in [6.45, 7) is 5.91. The molecule has 0 fully saturated rings. The number of carbonyl (C=O) groups is 1. The topological polar surface area (TPSA) is 39.2 Å². The molecule has 0 unspecified atom stereocenters. The van der Waals surface area contributed by atoms with Crippen molar-refractivity contribution in [2.45, 2.75) is 45.6 Å². The van der Waals surface area contributed by atoms with Crippen molar-refractivity contribution in [3.05, 3.63) is 16.1 Å². The molecule has 0 bridgehead atoms. The Morgan fingerprint density at radius 3 is 2.50 bits per heavy atom. The predicted octanol–water partition coefficient (Wildman–Crippen LogP) is 2.77. The first-order valence-electron chi connectivity index (χ1n) is 5.57. The highest BCUT2D eigenvalue weighted by molar-refractivity contribution is 7.09. The zero-order valence-corrected chi connectivity index (χ0v) is 11.2. The molecule has 1 heterocycles. The highest BCUT2D eigenvalue weighted by Gasteiger charge is 2.34. The minimum Gasteiger partial charge on any atom is -0.370 e. The van der Waals surface area contributed by atoms with E-state index in [1.807, 2.05) is 26.2 Å². The van der Waals surface area contributed by atoms with Crippen molar-refractivity contribution in [1.29, 1.82) is 0 Å². The number of ketones is 1. The first-order chi connectivity index (χ1) is 7.57. The van der Waals surface area contributed by atoms with Gasteiger partial charge in [0.1, 0.15) is 5.60 Å². The molecule has 90 valence electrons. The maximum absolute atomic E-state index is 12.2. The molecule has 0 aliphatic heterocycles. The number of thiazole rings is 1. The first kappa shape index (κ1) is 13.3. The second-order valence-electron chi connectivity index (χ2n) is 3.86. The van der Waals surface area contributed by atoms with E-state index >= 15 is 0 Å². The SMILES string of the molecule is CCC(CC)(OC)C(=O)Cc1csc(C)n1. The quantitative estimate of drug-likeness (QED) is 0.768. The Kier molecular flexibility index (Phi) is 4.62. The molecule has 0 aliphatic rings. The lowest BCUT2D eigenvalue weighted by Gasteiger charge is -2.28. The second-order valence-corrected chi connectivity index (χ2v) is 4.93. The molecule has 0 saturated heterocycles. The van der Waals surface area contributed by atoms with E-state index in [9.17, 15) is 4.79 Å². The largest absolute Gasteiger partial charge is 0.370 e. The summed E-state index contributed by atoms with van der Waals surface area (Å²) in [7, 11) is 1.61. The molecular formula is C12H19NO2S. The summed E-state index contributed by atoms with van der Waals surface area (Å²) in [6.07, 6.45) is 1.80. The third-order valence-electron chi connectivity index (χ3n) is 3.05. The predicted molar refractivity (Wildman–Crippen MR) is 65.9 cm³/mol. The van der Waals surface area contributed by atoms with E-state index < -0.39 is 5.60 Å². The summed E-state index contributed by atoms with van der Waals surface area (Å²) in [5, 5.41) is 2.94. The average molecular weight is 241 g/mol. The number of hydrogen-bond donors (Lipinski definition) is 0. The van der Waals surface area contributed by atoms with Gasteiger partial charge in [0.2, 0.25) is 0 Å². The highest BCUT2D eigenvalue weighted by Crippen LogP contribution is 2.23. The zero-order valence-electron chi connectivity index (χ0n) is 10.4. The summed E-state index contributed by atoms with van der Waals surface area (Å²) in [5.74, 6) is 0.130. The van der Waals surface area contributed by atoms with E-state index in [1.165, 1.54) is 0 Å². The third kappa shape index (κ3) is 2.68. The smallest absolute Gasteiger partial charge is 0.170 e. The van der Waals surface area contributed by atoms with Gasteiger partial charge in [-0.1, -0.05) is 13.8 Å². The lowest BCUT2D eigenvalue weighted by Crippen LogP contribution is -2.40. The molecule has 0 aliphatic carbocycles. The maximum Gasteiger partial charge on any atom is 0.170 e. The third-order valence-corrected chi connectivity index (χ3v) is 3.87. The fourth-order valence-electron chi connectivity index (χ4n) is 1.86. The van der Waals surface area contributed by atoms with Gasteiger partial charge in [-0.15, -0.1) is 11.3 Å². The van der Waals surface area contributed by atoms with E-state index in [2.05, 4.69) is 4.98 Å². The van der Waals surface area contributed by atoms with Crippen molar-refractivity contribution in [3.8, 4) is 0 Å². The van der Waals surface area contributed by atoms with Gasteiger partial charge in [-0.05, 0) is 19.8 Å². The number of nitrogens with zero attached hydrogens (tertiary/aromatic N) is 1. The number of aromatic nitrogens is 1. The highest BCUT2D eigenvalue weighted by atomic mass is 32.1. The Balaban J connectivity index is 2.77. The summed E-state index contributed by atoms with van der Waals surface area (Å²) >= 11 is 1.58. The standard InChI is InChI=1S/C12H19NO2S/c1-5-12(6-2,15-4)11(14)7-10-8-16-9(3)13-10/h8H,5-7H2,1-4H3. The van der Waals surface area contributed by atoms with E-state index in [-0.39, 0.29) is 5.78 Å². The molecule has 3 nitrogen and oxygen atoms in total. The van der Waals surface area contributed by atoms with Crippen LogP contribution >= 0.6 is 11.3 Å². The molecule has 0 aromatic carbocycles. The maximum atomic E-state index is 12.2. The molecule has 0 saturated carbocycles. The van der Waals surface area contributed by atoms with E-state index in [4.69, 9.17) is 4.74 Å². The molecule has 0 amide bonds. The van der Waals surface area contributed by atoms with Crippen LogP contribution in [0.15, 0.2) is 5.38 Å². The number of ether oxygens (including phenoxy) is 1. The van der Waals surface area contributed by atoms with Crippen molar-refractivity contribution < 1.29 is 9.53 Å². The Hall–Kier alpha value is -0.740. The van der Waals surface area contributed by atoms with E-state index in [0.717, 1.165) is 10.7 Å². The summed E-state index contributed by atoms with van der Waals surface area (Å²) in [6, 6.07) is 0. The molecule has 1 aromatic heterocycles. The minimum atomic E-state index is -0.627. The number of rotatable bonds is 6. The van der Waals surface area contributed by atoms with Crippen molar-refractivity contribution in [2.75, 3.05) is 7.11 Å². The minimum absolute atomic E-state index is 0.130. The molecule has 16 heavy (non-hydrogen) atoms. The Labute approximate surface area is 101 Å². The Bertz CT molecular complexity index is 347. The normalized spacial score (nSPS) is 11.8. The number of aryl methyl sites for hydroxylation is 1. The Morgan fingerprint density at radius 1 is 1.50 bits per heavy atom. The fourth-order valence-corrected chi connectivity index (χ4v) is 2.47. The number of hydrogen-bond acceptors (Lipinski definition) is 4. The van der Waals surface area contributed by atoms with Crippen LogP contribution in [0.1, 0.15) is 37.4 Å². The van der Waals surface area contributed by atoms with Gasteiger partial charge >= 0.3 is 0 Å². The first-order valence-corrected chi connectivity index (χ1v) is 6.45. The molecule has 0 N–H and O–H groups in total. The monoisotopic (exact) mass is 241 g/mol. The van der Waals surface area contributed by atoms with Gasteiger partial charge in [0.25, 0.3) is 0 Å². The van der Waals surface area contributed by atoms with Crippen LogP contribution in [0.5, 0.6) is 0 Å². The van der Waals surface area contributed by atoms with Crippen LogP contribution in [-0.4, -0.2) is 23.5 Å². The molecule has 0 spiro atoms. The van der Waals surface area contributed by atoms with Crippen molar-refractivity contribution >= 4 is 17.1 Å². The average Bonchev–Trinajstić information content (AvgIpc) is 2.67. The van der Waals surface area contributed by atoms with E-state index in [1.54, 1.807) is 18.4 Å². The number of carbonyl (C=O) groups excluding carboxylic acids is 1. The van der Waals surface area contributed by atoms with Gasteiger partial charge in [-0.25, -0.2) is 4.98 Å². The lowest BCUT2D eigenvalue weighted by atomic mass is 9.89.